The van der Waals surface area contributed by atoms with Crippen LogP contribution >= 0.6 is 0 Å². The van der Waals surface area contributed by atoms with Crippen LogP contribution in [0.2, 0.25) is 0 Å². The summed E-state index contributed by atoms with van der Waals surface area (Å²) in [7, 11) is 0. The van der Waals surface area contributed by atoms with Gasteiger partial charge in [0.2, 0.25) is 23.3 Å². The van der Waals surface area contributed by atoms with Gasteiger partial charge in [-0.15, -0.1) is 0 Å². The van der Waals surface area contributed by atoms with Crippen LogP contribution in [-0.4, -0.2) is 69.1 Å². The maximum Gasteiger partial charge on any atom is 0.460 e. The molecule has 0 aliphatic heterocycles. The quantitative estimate of drug-likeness (QED) is 0.0383. The highest BCUT2D eigenvalue weighted by Gasteiger charge is 2.75. The Morgan fingerprint density at radius 2 is 1.10 bits per heavy atom. The highest BCUT2D eigenvalue weighted by Crippen LogP contribution is 2.51. The van der Waals surface area contributed by atoms with E-state index in [1.165, 1.54) is 12.1 Å². The maximum absolute atomic E-state index is 15.1. The van der Waals surface area contributed by atoms with Gasteiger partial charge in [0.1, 0.15) is 31.4 Å². The third-order valence-electron chi connectivity index (χ3n) is 8.03. The molecule has 61 heavy (non-hydrogen) atoms. The predicted octanol–water partition coefficient (Wildman–Crippen LogP) is 11.4. The van der Waals surface area contributed by atoms with Gasteiger partial charge in [-0.05, 0) is 35.4 Å². The topological polar surface area (TPSA) is 80.3 Å². The van der Waals surface area contributed by atoms with Crippen LogP contribution in [0, 0.1) is 0 Å². The van der Waals surface area contributed by atoms with Crippen molar-refractivity contribution in [1.29, 1.82) is 0 Å². The Balaban J connectivity index is 2.18. The molecule has 2 rings (SSSR count). The first-order valence-corrected chi connectivity index (χ1v) is 16.9. The highest BCUT2D eigenvalue weighted by molar-refractivity contribution is 5.82. The summed E-state index contributed by atoms with van der Waals surface area (Å²) in [5.74, 6) is -43.2. The first-order valence-electron chi connectivity index (χ1n) is 16.9. The summed E-state index contributed by atoms with van der Waals surface area (Å²) in [6.45, 7) is 4.81. The van der Waals surface area contributed by atoms with Crippen LogP contribution in [0.25, 0.3) is 0 Å². The molecule has 0 aliphatic carbocycles. The molecule has 0 saturated carbocycles. The molecule has 0 spiro atoms. The molecular weight excluding hydrogens is 865 g/mol. The fourth-order valence-corrected chi connectivity index (χ4v) is 4.59. The van der Waals surface area contributed by atoms with Gasteiger partial charge in [-0.3, -0.25) is 0 Å². The van der Waals surface area contributed by atoms with E-state index in [-0.39, 0.29) is 19.0 Å². The normalized spacial score (nSPS) is 15.5. The highest BCUT2D eigenvalue weighted by atomic mass is 19.4. The van der Waals surface area contributed by atoms with Gasteiger partial charge in [-0.1, -0.05) is 51.3 Å². The van der Waals surface area contributed by atoms with Gasteiger partial charge in [-0.25, -0.2) is 49.1 Å². The summed E-state index contributed by atoms with van der Waals surface area (Å²) in [4.78, 5) is 23.0. The molecule has 0 aromatic heterocycles. The Kier molecular flexibility index (Phi) is 18.3. The molecule has 0 bridgehead atoms. The predicted molar refractivity (Wildman–Crippen MR) is 186 cm³/mol. The number of halogens is 15. The first kappa shape index (κ1) is 51.5. The van der Waals surface area contributed by atoms with E-state index in [9.17, 15) is 71.1 Å². The lowest BCUT2D eigenvalue weighted by atomic mass is 9.78. The summed E-state index contributed by atoms with van der Waals surface area (Å²) in [5.41, 5.74) is 0.703. The van der Waals surface area contributed by atoms with Crippen molar-refractivity contribution < 1.29 is 99.1 Å². The number of allylic oxidation sites excluding steroid dienone is 7. The average molecular weight is 899 g/mol. The minimum atomic E-state index is -7.12. The summed E-state index contributed by atoms with van der Waals surface area (Å²) in [6.07, 6.45) is -7.15. The van der Waals surface area contributed by atoms with E-state index in [1.54, 1.807) is 36.4 Å². The molecule has 22 heteroatoms. The Hall–Kier alpha value is -5.67. The Morgan fingerprint density at radius 3 is 1.56 bits per heavy atom. The lowest BCUT2D eigenvalue weighted by Gasteiger charge is -2.33. The van der Waals surface area contributed by atoms with Crippen molar-refractivity contribution in [2.75, 3.05) is 33.1 Å². The number of rotatable bonds is 22. The zero-order valence-electron chi connectivity index (χ0n) is 31.5. The second-order valence-electron chi connectivity index (χ2n) is 12.5. The average Bonchev–Trinajstić information content (AvgIpc) is 3.24. The molecule has 0 saturated heterocycles. The molecule has 0 fully saturated rings. The SMILES string of the molecule is C=CC(=O)OCC(COc1ccc(C(C)(C)c2ccc(OCCCOC(F)(/C(F)=C(F)/C(F)=C(F)/C(F)=C(F)/C(F)=C(\F)CF)C(F)(F)C(F)(F)F)cc2)cc1)OC(=O)C=C. The van der Waals surface area contributed by atoms with Crippen LogP contribution in [0.3, 0.4) is 0 Å². The van der Waals surface area contributed by atoms with E-state index in [0.717, 1.165) is 17.7 Å². The number of esters is 2. The van der Waals surface area contributed by atoms with E-state index >= 15 is 4.39 Å². The molecule has 0 amide bonds. The van der Waals surface area contributed by atoms with Crippen LogP contribution in [0.1, 0.15) is 31.4 Å². The van der Waals surface area contributed by atoms with Crippen molar-refractivity contribution in [1.82, 2.24) is 0 Å². The fourth-order valence-electron chi connectivity index (χ4n) is 4.59. The number of ether oxygens (including phenoxy) is 5. The molecule has 2 aromatic carbocycles. The summed E-state index contributed by atoms with van der Waals surface area (Å²) < 4.78 is 230. The Bertz CT molecular complexity index is 2010. The van der Waals surface area contributed by atoms with Crippen molar-refractivity contribution in [3.05, 3.63) is 132 Å². The van der Waals surface area contributed by atoms with Crippen LogP contribution in [-0.2, 0) is 29.2 Å². The second-order valence-corrected chi connectivity index (χ2v) is 12.5. The zero-order chi connectivity index (χ0) is 46.5. The molecule has 2 atom stereocenters. The van der Waals surface area contributed by atoms with Gasteiger partial charge in [-0.2, -0.15) is 26.3 Å². The monoisotopic (exact) mass is 898 g/mol. The number of hydrogen-bond donors (Lipinski definition) is 0. The van der Waals surface area contributed by atoms with Crippen molar-refractivity contribution in [3.8, 4) is 11.5 Å². The Morgan fingerprint density at radius 1 is 0.639 bits per heavy atom. The van der Waals surface area contributed by atoms with Crippen molar-refractivity contribution in [2.45, 2.75) is 49.7 Å². The molecule has 2 unspecified atom stereocenters. The van der Waals surface area contributed by atoms with Crippen molar-refractivity contribution >= 4 is 11.9 Å². The molecule has 7 nitrogen and oxygen atoms in total. The summed E-state index contributed by atoms with van der Waals surface area (Å²) >= 11 is 0. The van der Waals surface area contributed by atoms with Crippen LogP contribution < -0.4 is 9.47 Å². The van der Waals surface area contributed by atoms with Crippen LogP contribution in [0.15, 0.2) is 120 Å². The van der Waals surface area contributed by atoms with Gasteiger partial charge in [0.25, 0.3) is 0 Å². The standard InChI is InChI=1S/C39H33F15O7/c1-5-27(55)59-20-25(61-28(56)6-2)19-58-24-14-10-22(11-15-24)36(3,4)21-8-12-23(13-9-21)57-16-7-17-60-37(49,38(50,51)39(52,53)54)35(48)34(47)33(46)32(45)31(44)30(43)29(42)26(41)18-40/h5-6,8-15,25H,1-2,7,16-20H2,3-4H3/b29-26+,31-30+,33-32+,35-34+. The molecule has 2 aromatic rings. The van der Waals surface area contributed by atoms with E-state index in [4.69, 9.17) is 18.9 Å². The van der Waals surface area contributed by atoms with E-state index < -0.39 is 114 Å². The smallest absolute Gasteiger partial charge is 0.460 e. The second kappa shape index (κ2) is 21.7. The molecular formula is C39H33F15O7. The maximum atomic E-state index is 15.1. The minimum Gasteiger partial charge on any atom is -0.494 e. The fraction of sp³-hybridized carbons (Fsp3) is 0.333. The zero-order valence-corrected chi connectivity index (χ0v) is 31.5. The van der Waals surface area contributed by atoms with E-state index in [1.807, 2.05) is 13.8 Å². The van der Waals surface area contributed by atoms with Crippen molar-refractivity contribution in [2.24, 2.45) is 0 Å². The van der Waals surface area contributed by atoms with Gasteiger partial charge >= 0.3 is 29.9 Å². The Labute approximate surface area is 337 Å². The molecule has 0 radical (unpaired) electrons. The number of benzene rings is 2. The van der Waals surface area contributed by atoms with E-state index in [2.05, 4.69) is 17.9 Å². The third-order valence-corrected chi connectivity index (χ3v) is 8.03. The molecule has 0 N–H and O–H groups in total. The number of alkyl halides is 7. The van der Waals surface area contributed by atoms with Gasteiger partial charge in [0, 0.05) is 24.0 Å². The number of hydrogen-bond acceptors (Lipinski definition) is 7. The van der Waals surface area contributed by atoms with Crippen LogP contribution in [0.4, 0.5) is 65.9 Å². The van der Waals surface area contributed by atoms with Gasteiger partial charge in [0.15, 0.2) is 29.4 Å². The lowest BCUT2D eigenvalue weighted by molar-refractivity contribution is -0.375. The molecule has 0 aliphatic rings. The van der Waals surface area contributed by atoms with Gasteiger partial charge in [0.05, 0.1) is 13.2 Å². The van der Waals surface area contributed by atoms with Gasteiger partial charge < -0.3 is 23.7 Å². The largest absolute Gasteiger partial charge is 0.494 e. The molecule has 0 heterocycles. The van der Waals surface area contributed by atoms with E-state index in [0.29, 0.717) is 11.3 Å². The molecule has 336 valence electrons. The third kappa shape index (κ3) is 12.9. The van der Waals surface area contributed by atoms with Crippen LogP contribution in [0.5, 0.6) is 11.5 Å². The number of carbonyl (C=O) groups excluding carboxylic acids is 2. The summed E-state index contributed by atoms with van der Waals surface area (Å²) in [6, 6.07) is 12.5. The first-order chi connectivity index (χ1) is 28.3. The summed E-state index contributed by atoms with van der Waals surface area (Å²) in [5, 5.41) is 0. The number of carbonyl (C=O) groups is 2. The minimum absolute atomic E-state index is 0.0284. The van der Waals surface area contributed by atoms with Crippen molar-refractivity contribution in [3.63, 3.8) is 0 Å². The lowest BCUT2D eigenvalue weighted by Crippen LogP contribution is -2.56.